The average Bonchev–Trinajstić information content (AvgIpc) is 2.81. The summed E-state index contributed by atoms with van der Waals surface area (Å²) in [5, 5.41) is 0. The molecule has 1 amide bonds. The number of carbonyl (C=O) groups is 1. The van der Waals surface area contributed by atoms with Gasteiger partial charge in [0.05, 0.1) is 26.2 Å². The molecule has 4 rings (SSSR count). The smallest absolute Gasteiger partial charge is 0.246 e. The van der Waals surface area contributed by atoms with Crippen LogP contribution in [-0.4, -0.2) is 37.0 Å². The molecule has 3 heteroatoms. The SMILES string of the molecule is Cc1ccc(/C=C/C(=O)N2CC[NH+](C(c3ccccc3)c3ccccc3)CC2)cc1. The molecule has 0 bridgehead atoms. The van der Waals surface area contributed by atoms with E-state index in [4.69, 9.17) is 0 Å². The Hall–Kier alpha value is -3.17. The molecule has 0 aliphatic carbocycles. The Balaban J connectivity index is 1.43. The Labute approximate surface area is 179 Å². The van der Waals surface area contributed by atoms with Gasteiger partial charge in [-0.1, -0.05) is 90.5 Å². The van der Waals surface area contributed by atoms with Crippen LogP contribution in [0, 0.1) is 6.92 Å². The molecule has 1 heterocycles. The number of nitrogens with zero attached hydrogens (tertiary/aromatic N) is 1. The standard InChI is InChI=1S/C27H28N2O/c1-22-12-14-23(15-13-22)16-17-26(30)28-18-20-29(21-19-28)27(24-8-4-2-5-9-24)25-10-6-3-7-11-25/h2-17,27H,18-21H2,1H3/p+1/b17-16+. The molecular formula is C27H29N2O+. The van der Waals surface area contributed by atoms with Gasteiger partial charge in [0.1, 0.15) is 6.04 Å². The van der Waals surface area contributed by atoms with Gasteiger partial charge in [-0.25, -0.2) is 0 Å². The summed E-state index contributed by atoms with van der Waals surface area (Å²) < 4.78 is 0. The highest BCUT2D eigenvalue weighted by Gasteiger charge is 2.30. The Kier molecular flexibility index (Phi) is 6.41. The van der Waals surface area contributed by atoms with E-state index in [1.165, 1.54) is 21.6 Å². The Morgan fingerprint density at radius 3 is 1.90 bits per heavy atom. The Bertz CT molecular complexity index is 933. The maximum Gasteiger partial charge on any atom is 0.246 e. The summed E-state index contributed by atoms with van der Waals surface area (Å²) in [5.41, 5.74) is 4.95. The van der Waals surface area contributed by atoms with Crippen molar-refractivity contribution in [2.24, 2.45) is 0 Å². The van der Waals surface area contributed by atoms with E-state index in [0.29, 0.717) is 6.04 Å². The Morgan fingerprint density at radius 2 is 1.37 bits per heavy atom. The molecule has 3 nitrogen and oxygen atoms in total. The molecule has 30 heavy (non-hydrogen) atoms. The summed E-state index contributed by atoms with van der Waals surface area (Å²) in [5.74, 6) is 0.102. The van der Waals surface area contributed by atoms with Gasteiger partial charge < -0.3 is 9.80 Å². The van der Waals surface area contributed by atoms with Crippen molar-refractivity contribution >= 4 is 12.0 Å². The van der Waals surface area contributed by atoms with Crippen molar-refractivity contribution in [3.05, 3.63) is 113 Å². The number of rotatable bonds is 5. The molecule has 0 saturated carbocycles. The minimum Gasteiger partial charge on any atom is -0.328 e. The van der Waals surface area contributed by atoms with Crippen LogP contribution in [0.5, 0.6) is 0 Å². The summed E-state index contributed by atoms with van der Waals surface area (Å²) >= 11 is 0. The zero-order valence-electron chi connectivity index (χ0n) is 17.5. The highest BCUT2D eigenvalue weighted by Crippen LogP contribution is 2.19. The number of amides is 1. The van der Waals surface area contributed by atoms with E-state index >= 15 is 0 Å². The predicted octanol–water partition coefficient (Wildman–Crippen LogP) is 3.52. The van der Waals surface area contributed by atoms with Crippen LogP contribution in [-0.2, 0) is 4.79 Å². The largest absolute Gasteiger partial charge is 0.328 e. The highest BCUT2D eigenvalue weighted by molar-refractivity contribution is 5.91. The van der Waals surface area contributed by atoms with Crippen molar-refractivity contribution in [3.8, 4) is 0 Å². The second-order valence-corrected chi connectivity index (χ2v) is 7.98. The number of hydrogen-bond donors (Lipinski definition) is 1. The van der Waals surface area contributed by atoms with Crippen LogP contribution in [0.15, 0.2) is 91.0 Å². The van der Waals surface area contributed by atoms with Crippen LogP contribution in [0.4, 0.5) is 0 Å². The van der Waals surface area contributed by atoms with Gasteiger partial charge in [-0.15, -0.1) is 0 Å². The number of nitrogens with one attached hydrogen (secondary N) is 1. The van der Waals surface area contributed by atoms with Crippen LogP contribution in [0.2, 0.25) is 0 Å². The minimum atomic E-state index is 0.102. The molecule has 0 radical (unpaired) electrons. The van der Waals surface area contributed by atoms with Gasteiger partial charge >= 0.3 is 0 Å². The van der Waals surface area contributed by atoms with Crippen LogP contribution < -0.4 is 4.90 Å². The van der Waals surface area contributed by atoms with Gasteiger partial charge in [0.2, 0.25) is 5.91 Å². The van der Waals surface area contributed by atoms with E-state index in [1.54, 1.807) is 6.08 Å². The molecule has 0 atom stereocenters. The number of benzene rings is 3. The van der Waals surface area contributed by atoms with Gasteiger partial charge in [-0.3, -0.25) is 4.79 Å². The lowest BCUT2D eigenvalue weighted by Gasteiger charge is -2.36. The molecule has 0 spiro atoms. The van der Waals surface area contributed by atoms with Gasteiger partial charge in [-0.2, -0.15) is 0 Å². The fourth-order valence-corrected chi connectivity index (χ4v) is 4.21. The second-order valence-electron chi connectivity index (χ2n) is 7.98. The van der Waals surface area contributed by atoms with E-state index in [-0.39, 0.29) is 5.91 Å². The first-order valence-corrected chi connectivity index (χ1v) is 10.7. The summed E-state index contributed by atoms with van der Waals surface area (Å²) in [7, 11) is 0. The van der Waals surface area contributed by atoms with Crippen molar-refractivity contribution in [1.82, 2.24) is 4.90 Å². The Morgan fingerprint density at radius 1 is 0.833 bits per heavy atom. The van der Waals surface area contributed by atoms with E-state index in [9.17, 15) is 4.79 Å². The summed E-state index contributed by atoms with van der Waals surface area (Å²) in [4.78, 5) is 16.2. The molecule has 152 valence electrons. The maximum absolute atomic E-state index is 12.7. The van der Waals surface area contributed by atoms with Gasteiger partial charge in [-0.05, 0) is 18.6 Å². The van der Waals surface area contributed by atoms with E-state index in [0.717, 1.165) is 31.7 Å². The first-order valence-electron chi connectivity index (χ1n) is 10.7. The van der Waals surface area contributed by atoms with Crippen molar-refractivity contribution in [3.63, 3.8) is 0 Å². The molecular weight excluding hydrogens is 368 g/mol. The maximum atomic E-state index is 12.7. The van der Waals surface area contributed by atoms with Gasteiger partial charge in [0.15, 0.2) is 0 Å². The molecule has 1 aliphatic heterocycles. The van der Waals surface area contributed by atoms with Gasteiger partial charge in [0.25, 0.3) is 0 Å². The fourth-order valence-electron chi connectivity index (χ4n) is 4.21. The first-order chi connectivity index (χ1) is 14.7. The molecule has 0 aromatic heterocycles. The summed E-state index contributed by atoms with van der Waals surface area (Å²) in [6.07, 6.45) is 3.62. The highest BCUT2D eigenvalue weighted by atomic mass is 16.2. The lowest BCUT2D eigenvalue weighted by Crippen LogP contribution is -3.15. The summed E-state index contributed by atoms with van der Waals surface area (Å²) in [6.45, 7) is 5.51. The third kappa shape index (κ3) is 4.87. The number of carbonyl (C=O) groups excluding carboxylic acids is 1. The predicted molar refractivity (Wildman–Crippen MR) is 122 cm³/mol. The van der Waals surface area contributed by atoms with Gasteiger partial charge in [0, 0.05) is 17.2 Å². The topological polar surface area (TPSA) is 24.8 Å². The second kappa shape index (κ2) is 9.55. The third-order valence-corrected chi connectivity index (χ3v) is 5.89. The zero-order chi connectivity index (χ0) is 20.8. The average molecular weight is 398 g/mol. The molecule has 3 aromatic carbocycles. The minimum absolute atomic E-state index is 0.102. The van der Waals surface area contributed by atoms with Crippen LogP contribution in [0.1, 0.15) is 28.3 Å². The van der Waals surface area contributed by atoms with Crippen molar-refractivity contribution < 1.29 is 9.69 Å². The van der Waals surface area contributed by atoms with Crippen molar-refractivity contribution in [2.45, 2.75) is 13.0 Å². The third-order valence-electron chi connectivity index (χ3n) is 5.89. The molecule has 1 saturated heterocycles. The monoisotopic (exact) mass is 397 g/mol. The van der Waals surface area contributed by atoms with Crippen molar-refractivity contribution in [2.75, 3.05) is 26.2 Å². The molecule has 1 fully saturated rings. The number of aryl methyl sites for hydroxylation is 1. The number of hydrogen-bond acceptors (Lipinski definition) is 1. The molecule has 3 aromatic rings. The molecule has 1 aliphatic rings. The summed E-state index contributed by atoms with van der Waals surface area (Å²) in [6, 6.07) is 30.0. The lowest BCUT2D eigenvalue weighted by molar-refractivity contribution is -0.929. The van der Waals surface area contributed by atoms with E-state index < -0.39 is 0 Å². The van der Waals surface area contributed by atoms with E-state index in [2.05, 4.69) is 79.7 Å². The molecule has 0 unspecified atom stereocenters. The van der Waals surface area contributed by atoms with Crippen LogP contribution in [0.3, 0.4) is 0 Å². The number of quaternary nitrogens is 1. The lowest BCUT2D eigenvalue weighted by atomic mass is 9.96. The zero-order valence-corrected chi connectivity index (χ0v) is 17.5. The quantitative estimate of drug-likeness (QED) is 0.655. The van der Waals surface area contributed by atoms with Crippen LogP contribution >= 0.6 is 0 Å². The molecule has 1 N–H and O–H groups in total. The fraction of sp³-hybridized carbons (Fsp3) is 0.222. The van der Waals surface area contributed by atoms with Crippen LogP contribution in [0.25, 0.3) is 6.08 Å². The normalized spacial score (nSPS) is 15.1. The van der Waals surface area contributed by atoms with Crippen molar-refractivity contribution in [1.29, 1.82) is 0 Å². The first kappa shape index (κ1) is 20.1. The number of piperazine rings is 1. The van der Waals surface area contributed by atoms with E-state index in [1.807, 2.05) is 23.1 Å².